The van der Waals surface area contributed by atoms with Crippen LogP contribution in [0.4, 0.5) is 4.39 Å². The van der Waals surface area contributed by atoms with Gasteiger partial charge in [-0.25, -0.2) is 4.39 Å². The van der Waals surface area contributed by atoms with Gasteiger partial charge in [0.15, 0.2) is 0 Å². The number of hydrogen-bond donors (Lipinski definition) is 0. The van der Waals surface area contributed by atoms with E-state index in [9.17, 15) is 4.39 Å². The number of hydrogen-bond acceptors (Lipinski definition) is 3. The Balaban J connectivity index is 1.63. The van der Waals surface area contributed by atoms with Gasteiger partial charge in [0.05, 0.1) is 23.3 Å². The highest BCUT2D eigenvalue weighted by atomic mass is 35.5. The summed E-state index contributed by atoms with van der Waals surface area (Å²) in [4.78, 5) is 0. The Morgan fingerprint density at radius 2 is 2.12 bits per heavy atom. The average Bonchev–Trinajstić information content (AvgIpc) is 3.27. The summed E-state index contributed by atoms with van der Waals surface area (Å²) in [5.41, 5.74) is 1.68. The van der Waals surface area contributed by atoms with E-state index >= 15 is 0 Å². The van der Waals surface area contributed by atoms with Gasteiger partial charge < -0.3 is 9.26 Å². The van der Waals surface area contributed by atoms with Gasteiger partial charge in [0, 0.05) is 11.5 Å². The summed E-state index contributed by atoms with van der Waals surface area (Å²) in [7, 11) is 0. The molecule has 0 amide bonds. The number of ether oxygens (including phenoxy) is 1. The van der Waals surface area contributed by atoms with E-state index in [1.807, 2.05) is 0 Å². The van der Waals surface area contributed by atoms with Crippen molar-refractivity contribution in [2.45, 2.75) is 64.6 Å². The van der Waals surface area contributed by atoms with Crippen LogP contribution in [-0.4, -0.2) is 11.3 Å². The van der Waals surface area contributed by atoms with E-state index < -0.39 is 0 Å². The number of aromatic nitrogens is 1. The molecule has 2 aliphatic carbocycles. The molecular formula is C21H25ClFNO2. The molecule has 0 saturated heterocycles. The van der Waals surface area contributed by atoms with Gasteiger partial charge in [-0.2, -0.15) is 0 Å². The third-order valence-corrected chi connectivity index (χ3v) is 6.11. The van der Waals surface area contributed by atoms with Crippen molar-refractivity contribution in [1.82, 2.24) is 5.16 Å². The van der Waals surface area contributed by atoms with Crippen LogP contribution in [0.3, 0.4) is 0 Å². The molecule has 5 heteroatoms. The van der Waals surface area contributed by atoms with E-state index in [0.717, 1.165) is 37.0 Å². The lowest BCUT2D eigenvalue weighted by atomic mass is 10.0. The Labute approximate surface area is 158 Å². The molecule has 3 nitrogen and oxygen atoms in total. The maximum Gasteiger partial charge on any atom is 0.145 e. The van der Waals surface area contributed by atoms with Crippen LogP contribution in [0, 0.1) is 17.7 Å². The molecule has 2 aromatic rings. The quantitative estimate of drug-likeness (QED) is 0.588. The van der Waals surface area contributed by atoms with Crippen molar-refractivity contribution in [3.63, 3.8) is 0 Å². The first-order valence-electron chi connectivity index (χ1n) is 9.62. The summed E-state index contributed by atoms with van der Waals surface area (Å²) < 4.78 is 26.4. The lowest BCUT2D eigenvalue weighted by Crippen LogP contribution is -2.17. The van der Waals surface area contributed by atoms with Gasteiger partial charge in [0.25, 0.3) is 0 Å². The summed E-state index contributed by atoms with van der Waals surface area (Å²) in [6.45, 7) is 4.91. The smallest absolute Gasteiger partial charge is 0.145 e. The van der Waals surface area contributed by atoms with Gasteiger partial charge in [-0.1, -0.05) is 43.1 Å². The molecule has 0 radical (unpaired) electrons. The fourth-order valence-corrected chi connectivity index (χ4v) is 4.48. The van der Waals surface area contributed by atoms with E-state index in [4.69, 9.17) is 20.9 Å². The van der Waals surface area contributed by atoms with Crippen LogP contribution in [-0.2, 0) is 11.3 Å². The molecular weight excluding hydrogens is 353 g/mol. The number of benzene rings is 1. The van der Waals surface area contributed by atoms with Crippen LogP contribution < -0.4 is 0 Å². The molecule has 26 heavy (non-hydrogen) atoms. The number of nitrogens with zero attached hydrogens (tertiary/aromatic N) is 1. The van der Waals surface area contributed by atoms with E-state index in [0.29, 0.717) is 40.6 Å². The highest BCUT2D eigenvalue weighted by molar-refractivity contribution is 6.33. The Bertz CT molecular complexity index is 766. The lowest BCUT2D eigenvalue weighted by Gasteiger charge is -2.19. The Morgan fingerprint density at radius 1 is 1.31 bits per heavy atom. The van der Waals surface area contributed by atoms with Crippen LogP contribution in [0.15, 0.2) is 22.7 Å². The Morgan fingerprint density at radius 3 is 2.81 bits per heavy atom. The zero-order chi connectivity index (χ0) is 18.3. The van der Waals surface area contributed by atoms with Gasteiger partial charge in [-0.3, -0.25) is 0 Å². The normalized spacial score (nSPS) is 25.8. The Kier molecular flexibility index (Phi) is 5.07. The van der Waals surface area contributed by atoms with Crippen molar-refractivity contribution >= 4 is 11.6 Å². The summed E-state index contributed by atoms with van der Waals surface area (Å²) in [5, 5.41) is 4.54. The molecule has 4 rings (SSSR count). The summed E-state index contributed by atoms with van der Waals surface area (Å²) >= 11 is 6.27. The SMILES string of the molecule is CC[C@@H]1C[C@H](C)C[C@H]1OCc1c(-c2c(F)cccc2Cl)noc1C1CC1. The van der Waals surface area contributed by atoms with Crippen molar-refractivity contribution in [2.24, 2.45) is 11.8 Å². The average molecular weight is 378 g/mol. The molecule has 0 N–H and O–H groups in total. The predicted octanol–water partition coefficient (Wildman–Crippen LogP) is 6.35. The molecule has 2 fully saturated rings. The maximum absolute atomic E-state index is 14.4. The van der Waals surface area contributed by atoms with Gasteiger partial charge in [-0.15, -0.1) is 0 Å². The number of rotatable bonds is 6. The molecule has 0 bridgehead atoms. The van der Waals surface area contributed by atoms with Crippen LogP contribution in [0.1, 0.15) is 63.2 Å². The van der Waals surface area contributed by atoms with Crippen molar-refractivity contribution in [1.29, 1.82) is 0 Å². The maximum atomic E-state index is 14.4. The van der Waals surface area contributed by atoms with E-state index in [1.54, 1.807) is 12.1 Å². The lowest BCUT2D eigenvalue weighted by molar-refractivity contribution is 0.0135. The van der Waals surface area contributed by atoms with Crippen LogP contribution >= 0.6 is 11.6 Å². The van der Waals surface area contributed by atoms with Crippen LogP contribution in [0.5, 0.6) is 0 Å². The first kappa shape index (κ1) is 18.0. The molecule has 1 aromatic carbocycles. The second kappa shape index (κ2) is 7.32. The molecule has 140 valence electrons. The number of halogens is 2. The first-order chi connectivity index (χ1) is 12.6. The molecule has 1 heterocycles. The fraction of sp³-hybridized carbons (Fsp3) is 0.571. The second-order valence-corrected chi connectivity index (χ2v) is 8.25. The van der Waals surface area contributed by atoms with Crippen molar-refractivity contribution in [3.8, 4) is 11.3 Å². The van der Waals surface area contributed by atoms with E-state index in [1.165, 1.54) is 12.5 Å². The molecule has 3 atom stereocenters. The standard InChI is InChI=1S/C21H25ClFNO2/c1-3-13-9-12(2)10-18(13)25-11-15-20(24-26-21(15)14-7-8-14)19-16(22)5-4-6-17(19)23/h4-6,12-14,18H,3,7-11H2,1-2H3/t12-,13+,18+/m0/s1. The van der Waals surface area contributed by atoms with E-state index in [-0.39, 0.29) is 11.9 Å². The van der Waals surface area contributed by atoms with Crippen LogP contribution in [0.2, 0.25) is 5.02 Å². The minimum Gasteiger partial charge on any atom is -0.373 e. The summed E-state index contributed by atoms with van der Waals surface area (Å²) in [6.07, 6.45) is 5.85. The van der Waals surface area contributed by atoms with Gasteiger partial charge in [0.2, 0.25) is 0 Å². The minimum absolute atomic E-state index is 0.251. The zero-order valence-electron chi connectivity index (χ0n) is 15.3. The third kappa shape index (κ3) is 3.41. The highest BCUT2D eigenvalue weighted by Crippen LogP contribution is 2.46. The van der Waals surface area contributed by atoms with E-state index in [2.05, 4.69) is 19.0 Å². The predicted molar refractivity (Wildman–Crippen MR) is 99.6 cm³/mol. The Hall–Kier alpha value is -1.39. The molecule has 2 aliphatic rings. The second-order valence-electron chi connectivity index (χ2n) is 7.84. The van der Waals surface area contributed by atoms with Crippen molar-refractivity contribution < 1.29 is 13.7 Å². The molecule has 1 aromatic heterocycles. The molecule has 0 unspecified atom stereocenters. The van der Waals surface area contributed by atoms with Gasteiger partial charge >= 0.3 is 0 Å². The van der Waals surface area contributed by atoms with Crippen molar-refractivity contribution in [3.05, 3.63) is 40.4 Å². The first-order valence-corrected chi connectivity index (χ1v) is 10.0. The fourth-order valence-electron chi connectivity index (χ4n) is 4.23. The highest BCUT2D eigenvalue weighted by Gasteiger charge is 2.36. The van der Waals surface area contributed by atoms with Gasteiger partial charge in [-0.05, 0) is 49.7 Å². The molecule has 2 saturated carbocycles. The monoisotopic (exact) mass is 377 g/mol. The molecule has 0 spiro atoms. The summed E-state index contributed by atoms with van der Waals surface area (Å²) in [5.74, 6) is 2.13. The third-order valence-electron chi connectivity index (χ3n) is 5.80. The van der Waals surface area contributed by atoms with Gasteiger partial charge in [0.1, 0.15) is 17.3 Å². The minimum atomic E-state index is -0.379. The topological polar surface area (TPSA) is 35.3 Å². The summed E-state index contributed by atoms with van der Waals surface area (Å²) in [6, 6.07) is 4.69. The zero-order valence-corrected chi connectivity index (χ0v) is 16.1. The molecule has 0 aliphatic heterocycles. The van der Waals surface area contributed by atoms with Crippen LogP contribution in [0.25, 0.3) is 11.3 Å². The largest absolute Gasteiger partial charge is 0.373 e. The van der Waals surface area contributed by atoms with Crippen molar-refractivity contribution in [2.75, 3.05) is 0 Å².